The Bertz CT molecular complexity index is 677. The number of ketones is 1. The normalized spacial score (nSPS) is 13.5. The molecule has 0 N–H and O–H groups in total. The quantitative estimate of drug-likeness (QED) is 0.580. The third kappa shape index (κ3) is 2.46. The summed E-state index contributed by atoms with van der Waals surface area (Å²) in [6, 6.07) is 11.6. The number of hydrogen-bond donors (Lipinski definition) is 0. The zero-order valence-corrected chi connectivity index (χ0v) is 13.4. The fourth-order valence-corrected chi connectivity index (χ4v) is 3.08. The van der Waals surface area contributed by atoms with Crippen LogP contribution in [0, 0.1) is 10.5 Å². The number of ether oxygens (including phenoxy) is 1. The summed E-state index contributed by atoms with van der Waals surface area (Å²) < 4.78 is 6.63. The predicted octanol–water partition coefficient (Wildman–Crippen LogP) is 4.16. The Hall–Kier alpha value is -1.36. The number of halogens is 1. The van der Waals surface area contributed by atoms with Gasteiger partial charge >= 0.3 is 0 Å². The van der Waals surface area contributed by atoms with E-state index in [0.29, 0.717) is 0 Å². The number of benzene rings is 2. The van der Waals surface area contributed by atoms with E-state index in [1.807, 2.05) is 43.3 Å². The molecule has 1 aliphatic rings. The van der Waals surface area contributed by atoms with Crippen LogP contribution in [0.25, 0.3) is 0 Å². The van der Waals surface area contributed by atoms with Gasteiger partial charge in [0.2, 0.25) is 0 Å². The molecule has 0 amide bonds. The molecular weight excluding hydrogens is 363 g/mol. The summed E-state index contributed by atoms with van der Waals surface area (Å²) in [5.41, 5.74) is 3.81. The molecular formula is C17H15IO2. The van der Waals surface area contributed by atoms with Gasteiger partial charge in [-0.1, -0.05) is 12.1 Å². The minimum absolute atomic E-state index is 0.0893. The maximum absolute atomic E-state index is 12.7. The van der Waals surface area contributed by atoms with Gasteiger partial charge in [-0.05, 0) is 77.7 Å². The Morgan fingerprint density at radius 1 is 1.25 bits per heavy atom. The van der Waals surface area contributed by atoms with Gasteiger partial charge in [0.15, 0.2) is 5.78 Å². The molecule has 0 aromatic heterocycles. The van der Waals surface area contributed by atoms with Gasteiger partial charge < -0.3 is 4.74 Å². The largest absolute Gasteiger partial charge is 0.493 e. The molecule has 102 valence electrons. The van der Waals surface area contributed by atoms with Crippen LogP contribution in [0.5, 0.6) is 5.75 Å². The molecule has 1 aliphatic heterocycles. The van der Waals surface area contributed by atoms with Crippen LogP contribution in [-0.2, 0) is 6.42 Å². The molecule has 2 aromatic carbocycles. The van der Waals surface area contributed by atoms with E-state index in [2.05, 4.69) is 22.6 Å². The Morgan fingerprint density at radius 3 is 2.95 bits per heavy atom. The van der Waals surface area contributed by atoms with Crippen molar-refractivity contribution in [2.75, 3.05) is 6.61 Å². The second-order valence-corrected chi connectivity index (χ2v) is 6.12. The van der Waals surface area contributed by atoms with Gasteiger partial charge in [0.05, 0.1) is 6.61 Å². The van der Waals surface area contributed by atoms with Gasteiger partial charge in [0.1, 0.15) is 5.75 Å². The zero-order chi connectivity index (χ0) is 14.1. The number of hydrogen-bond acceptors (Lipinski definition) is 2. The molecule has 0 fully saturated rings. The smallest absolute Gasteiger partial charge is 0.194 e. The average molecular weight is 378 g/mol. The molecule has 2 nitrogen and oxygen atoms in total. The zero-order valence-electron chi connectivity index (χ0n) is 11.3. The molecule has 0 radical (unpaired) electrons. The molecule has 0 saturated heterocycles. The molecule has 0 spiro atoms. The first-order chi connectivity index (χ1) is 9.66. The van der Waals surface area contributed by atoms with Gasteiger partial charge in [0, 0.05) is 14.7 Å². The monoisotopic (exact) mass is 378 g/mol. The topological polar surface area (TPSA) is 26.3 Å². The third-order valence-electron chi connectivity index (χ3n) is 3.61. The lowest BCUT2D eigenvalue weighted by molar-refractivity contribution is 0.103. The lowest BCUT2D eigenvalue weighted by Crippen LogP contribution is -2.10. The van der Waals surface area contributed by atoms with Crippen molar-refractivity contribution < 1.29 is 9.53 Å². The van der Waals surface area contributed by atoms with E-state index in [0.717, 1.165) is 51.0 Å². The summed E-state index contributed by atoms with van der Waals surface area (Å²) in [7, 11) is 0. The van der Waals surface area contributed by atoms with Crippen LogP contribution in [0.1, 0.15) is 33.5 Å². The molecule has 0 bridgehead atoms. The van der Waals surface area contributed by atoms with Crippen LogP contribution in [-0.4, -0.2) is 12.4 Å². The van der Waals surface area contributed by atoms with Crippen LogP contribution in [0.2, 0.25) is 0 Å². The second-order valence-electron chi connectivity index (χ2n) is 5.04. The van der Waals surface area contributed by atoms with Crippen LogP contribution < -0.4 is 4.74 Å². The van der Waals surface area contributed by atoms with E-state index in [1.54, 1.807) is 0 Å². The average Bonchev–Trinajstić information content (AvgIpc) is 2.49. The van der Waals surface area contributed by atoms with Crippen molar-refractivity contribution in [2.45, 2.75) is 19.8 Å². The van der Waals surface area contributed by atoms with E-state index in [-0.39, 0.29) is 5.78 Å². The molecule has 0 atom stereocenters. The minimum atomic E-state index is 0.0893. The third-order valence-corrected chi connectivity index (χ3v) is 5.04. The lowest BCUT2D eigenvalue weighted by Gasteiger charge is -2.17. The number of rotatable bonds is 2. The second kappa shape index (κ2) is 5.56. The van der Waals surface area contributed by atoms with E-state index in [9.17, 15) is 4.79 Å². The van der Waals surface area contributed by atoms with Gasteiger partial charge in [-0.25, -0.2) is 0 Å². The lowest BCUT2D eigenvalue weighted by atomic mass is 9.97. The number of carbonyl (C=O) groups is 1. The predicted molar refractivity (Wildman–Crippen MR) is 87.6 cm³/mol. The highest BCUT2D eigenvalue weighted by Crippen LogP contribution is 2.27. The Balaban J connectivity index is 2.00. The first-order valence-electron chi connectivity index (χ1n) is 6.72. The summed E-state index contributed by atoms with van der Waals surface area (Å²) in [6.45, 7) is 2.80. The highest BCUT2D eigenvalue weighted by atomic mass is 127. The molecule has 2 aromatic rings. The number of fused-ring (bicyclic) bond motifs is 1. The highest BCUT2D eigenvalue weighted by molar-refractivity contribution is 14.1. The van der Waals surface area contributed by atoms with Crippen LogP contribution >= 0.6 is 22.6 Å². The Kier molecular flexibility index (Phi) is 3.78. The Labute approximate surface area is 132 Å². The van der Waals surface area contributed by atoms with Crippen LogP contribution in [0.4, 0.5) is 0 Å². The number of carbonyl (C=O) groups excluding carboxylic acids is 1. The van der Waals surface area contributed by atoms with Crippen LogP contribution in [0.15, 0.2) is 36.4 Å². The molecule has 3 heteroatoms. The fourth-order valence-electron chi connectivity index (χ4n) is 2.48. The van der Waals surface area contributed by atoms with Crippen molar-refractivity contribution in [1.29, 1.82) is 0 Å². The molecule has 0 aliphatic carbocycles. The standard InChI is InChI=1S/C17H15IO2/c1-11-4-2-6-14(16(11)18)17(19)13-7-8-15-12(10-13)5-3-9-20-15/h2,4,6-8,10H,3,5,9H2,1H3. The number of aryl methyl sites for hydroxylation is 2. The molecule has 20 heavy (non-hydrogen) atoms. The van der Waals surface area contributed by atoms with Crippen LogP contribution in [0.3, 0.4) is 0 Å². The van der Waals surface area contributed by atoms with E-state index in [1.165, 1.54) is 0 Å². The molecule has 1 heterocycles. The van der Waals surface area contributed by atoms with E-state index >= 15 is 0 Å². The highest BCUT2D eigenvalue weighted by Gasteiger charge is 2.17. The van der Waals surface area contributed by atoms with Crippen molar-refractivity contribution in [3.8, 4) is 5.75 Å². The van der Waals surface area contributed by atoms with E-state index < -0.39 is 0 Å². The van der Waals surface area contributed by atoms with Crippen molar-refractivity contribution in [1.82, 2.24) is 0 Å². The molecule has 0 saturated carbocycles. The van der Waals surface area contributed by atoms with Gasteiger partial charge in [-0.15, -0.1) is 0 Å². The van der Waals surface area contributed by atoms with Gasteiger partial charge in [0.25, 0.3) is 0 Å². The molecule has 0 unspecified atom stereocenters. The van der Waals surface area contributed by atoms with Crippen molar-refractivity contribution in [2.24, 2.45) is 0 Å². The summed E-state index contributed by atoms with van der Waals surface area (Å²) in [5, 5.41) is 0. The first-order valence-corrected chi connectivity index (χ1v) is 7.80. The fraction of sp³-hybridized carbons (Fsp3) is 0.235. The summed E-state index contributed by atoms with van der Waals surface area (Å²) in [6.07, 6.45) is 2.01. The van der Waals surface area contributed by atoms with Gasteiger partial charge in [-0.2, -0.15) is 0 Å². The molecule has 3 rings (SSSR count). The van der Waals surface area contributed by atoms with Gasteiger partial charge in [-0.3, -0.25) is 4.79 Å². The van der Waals surface area contributed by atoms with Crippen molar-refractivity contribution in [3.05, 3.63) is 62.2 Å². The minimum Gasteiger partial charge on any atom is -0.493 e. The maximum atomic E-state index is 12.7. The van der Waals surface area contributed by atoms with Crippen molar-refractivity contribution in [3.63, 3.8) is 0 Å². The summed E-state index contributed by atoms with van der Waals surface area (Å²) in [5.74, 6) is 1.01. The summed E-state index contributed by atoms with van der Waals surface area (Å²) >= 11 is 2.24. The SMILES string of the molecule is Cc1cccc(C(=O)c2ccc3c(c2)CCCO3)c1I. The maximum Gasteiger partial charge on any atom is 0.194 e. The van der Waals surface area contributed by atoms with Crippen molar-refractivity contribution >= 4 is 28.4 Å². The first kappa shape index (κ1) is 13.6. The van der Waals surface area contributed by atoms with E-state index in [4.69, 9.17) is 4.74 Å². The summed E-state index contributed by atoms with van der Waals surface area (Å²) in [4.78, 5) is 12.7. The Morgan fingerprint density at radius 2 is 2.10 bits per heavy atom.